The molecule has 1 heterocycles. The fourth-order valence-electron chi connectivity index (χ4n) is 2.44. The highest BCUT2D eigenvalue weighted by Crippen LogP contribution is 2.27. The minimum absolute atomic E-state index is 0.158. The van der Waals surface area contributed by atoms with Gasteiger partial charge in [-0.2, -0.15) is 9.57 Å². The maximum absolute atomic E-state index is 12.6. The van der Waals surface area contributed by atoms with Gasteiger partial charge in [0, 0.05) is 12.6 Å². The van der Waals surface area contributed by atoms with Crippen molar-refractivity contribution < 1.29 is 13.5 Å². The lowest BCUT2D eigenvalue weighted by Gasteiger charge is -2.23. The van der Waals surface area contributed by atoms with Crippen molar-refractivity contribution in [2.75, 3.05) is 13.2 Å². The number of aliphatic hydroxyl groups is 1. The summed E-state index contributed by atoms with van der Waals surface area (Å²) < 4.78 is 26.5. The highest BCUT2D eigenvalue weighted by Gasteiger charge is 2.35. The zero-order valence-corrected chi connectivity index (χ0v) is 11.5. The Bertz CT molecular complexity index is 619. The summed E-state index contributed by atoms with van der Waals surface area (Å²) in [6, 6.07) is 6.19. The first kappa shape index (κ1) is 14.0. The average Bonchev–Trinajstić information content (AvgIpc) is 2.87. The quantitative estimate of drug-likeness (QED) is 0.896. The third-order valence-electron chi connectivity index (χ3n) is 3.42. The van der Waals surface area contributed by atoms with Gasteiger partial charge in [-0.05, 0) is 43.5 Å². The third kappa shape index (κ3) is 2.50. The second-order valence-electron chi connectivity index (χ2n) is 4.69. The predicted molar refractivity (Wildman–Crippen MR) is 69.9 cm³/mol. The van der Waals surface area contributed by atoms with E-state index in [1.165, 1.54) is 16.4 Å². The van der Waals surface area contributed by atoms with Gasteiger partial charge in [0.15, 0.2) is 0 Å². The summed E-state index contributed by atoms with van der Waals surface area (Å²) in [5, 5.41) is 18.1. The van der Waals surface area contributed by atoms with E-state index in [0.29, 0.717) is 24.1 Å². The molecule has 2 rings (SSSR count). The zero-order chi connectivity index (χ0) is 14.0. The molecule has 1 aromatic rings. The van der Waals surface area contributed by atoms with Gasteiger partial charge in [0.05, 0.1) is 23.1 Å². The van der Waals surface area contributed by atoms with Crippen molar-refractivity contribution in [1.29, 1.82) is 5.26 Å². The molecule has 1 fully saturated rings. The molecule has 0 aromatic heterocycles. The Morgan fingerprint density at radius 1 is 1.53 bits per heavy atom. The maximum atomic E-state index is 12.6. The lowest BCUT2D eigenvalue weighted by molar-refractivity contribution is 0.213. The summed E-state index contributed by atoms with van der Waals surface area (Å²) in [4.78, 5) is 0.215. The van der Waals surface area contributed by atoms with E-state index in [-0.39, 0.29) is 17.5 Å². The summed E-state index contributed by atoms with van der Waals surface area (Å²) in [7, 11) is -3.59. The Balaban J connectivity index is 2.43. The van der Waals surface area contributed by atoms with E-state index in [9.17, 15) is 13.5 Å². The van der Waals surface area contributed by atoms with E-state index in [2.05, 4.69) is 0 Å². The van der Waals surface area contributed by atoms with Crippen LogP contribution in [0.25, 0.3) is 0 Å². The molecule has 0 aliphatic carbocycles. The molecular weight excluding hydrogens is 264 g/mol. The van der Waals surface area contributed by atoms with Crippen molar-refractivity contribution in [2.24, 2.45) is 0 Å². The number of nitrogens with zero attached hydrogens (tertiary/aromatic N) is 2. The van der Waals surface area contributed by atoms with Crippen molar-refractivity contribution in [2.45, 2.75) is 30.7 Å². The minimum Gasteiger partial charge on any atom is -0.395 e. The van der Waals surface area contributed by atoms with E-state index >= 15 is 0 Å². The molecule has 1 N–H and O–H groups in total. The van der Waals surface area contributed by atoms with Crippen LogP contribution in [-0.2, 0) is 10.0 Å². The molecule has 102 valence electrons. The third-order valence-corrected chi connectivity index (χ3v) is 5.54. The Hall–Kier alpha value is -1.42. The fraction of sp³-hybridized carbons (Fsp3) is 0.462. The zero-order valence-electron chi connectivity index (χ0n) is 10.7. The monoisotopic (exact) mass is 280 g/mol. The number of rotatable bonds is 3. The van der Waals surface area contributed by atoms with Gasteiger partial charge in [-0.1, -0.05) is 0 Å². The van der Waals surface area contributed by atoms with Crippen LogP contribution in [0.1, 0.15) is 24.0 Å². The predicted octanol–water partition coefficient (Wildman–Crippen LogP) is 1.01. The smallest absolute Gasteiger partial charge is 0.243 e. The summed E-state index contributed by atoms with van der Waals surface area (Å²) in [5.41, 5.74) is 0.999. The van der Waals surface area contributed by atoms with Crippen LogP contribution in [0.2, 0.25) is 0 Å². The lowest BCUT2D eigenvalue weighted by atomic mass is 10.2. The Labute approximate surface area is 113 Å². The minimum atomic E-state index is -3.59. The fourth-order valence-corrected chi connectivity index (χ4v) is 4.34. The van der Waals surface area contributed by atoms with Gasteiger partial charge >= 0.3 is 0 Å². The van der Waals surface area contributed by atoms with Crippen LogP contribution in [-0.4, -0.2) is 37.0 Å². The normalized spacial score (nSPS) is 20.4. The molecule has 1 saturated heterocycles. The van der Waals surface area contributed by atoms with Crippen molar-refractivity contribution in [3.05, 3.63) is 29.3 Å². The summed E-state index contributed by atoms with van der Waals surface area (Å²) in [6.07, 6.45) is 1.45. The molecule has 1 aliphatic rings. The number of hydrogen-bond acceptors (Lipinski definition) is 4. The average molecular weight is 280 g/mol. The summed E-state index contributed by atoms with van der Waals surface area (Å²) in [5.74, 6) is 0. The molecule has 6 heteroatoms. The molecule has 1 aliphatic heterocycles. The van der Waals surface area contributed by atoms with Gasteiger partial charge in [-0.15, -0.1) is 0 Å². The van der Waals surface area contributed by atoms with Crippen LogP contribution in [0.5, 0.6) is 0 Å². The van der Waals surface area contributed by atoms with E-state index in [4.69, 9.17) is 5.26 Å². The van der Waals surface area contributed by atoms with Crippen LogP contribution < -0.4 is 0 Å². The maximum Gasteiger partial charge on any atom is 0.243 e. The number of benzene rings is 1. The Morgan fingerprint density at radius 3 is 2.84 bits per heavy atom. The van der Waals surface area contributed by atoms with E-state index in [1.54, 1.807) is 13.0 Å². The van der Waals surface area contributed by atoms with Crippen molar-refractivity contribution in [3.8, 4) is 6.07 Å². The molecule has 1 atom stereocenters. The van der Waals surface area contributed by atoms with Gasteiger partial charge in [-0.3, -0.25) is 0 Å². The van der Waals surface area contributed by atoms with Crippen LogP contribution in [0.15, 0.2) is 23.1 Å². The summed E-state index contributed by atoms with van der Waals surface area (Å²) in [6.45, 7) is 1.96. The van der Waals surface area contributed by atoms with Crippen molar-refractivity contribution in [3.63, 3.8) is 0 Å². The van der Waals surface area contributed by atoms with Gasteiger partial charge in [0.2, 0.25) is 10.0 Å². The largest absolute Gasteiger partial charge is 0.395 e. The number of aliphatic hydroxyl groups excluding tert-OH is 1. The van der Waals surface area contributed by atoms with E-state index in [0.717, 1.165) is 6.42 Å². The number of sulfonamides is 1. The highest BCUT2D eigenvalue weighted by molar-refractivity contribution is 7.89. The molecule has 0 spiro atoms. The second kappa shape index (κ2) is 5.29. The molecular formula is C13H16N2O3S. The van der Waals surface area contributed by atoms with Gasteiger partial charge < -0.3 is 5.11 Å². The van der Waals surface area contributed by atoms with Crippen molar-refractivity contribution >= 4 is 10.0 Å². The number of nitriles is 1. The van der Waals surface area contributed by atoms with Crippen LogP contribution in [0, 0.1) is 18.3 Å². The number of aryl methyl sites for hydroxylation is 1. The number of hydrogen-bond donors (Lipinski definition) is 1. The van der Waals surface area contributed by atoms with E-state index in [1.807, 2.05) is 6.07 Å². The standard InChI is InChI=1S/C13H16N2O3S/c1-10-7-11(8-14)4-5-13(10)19(17,18)15-6-2-3-12(15)9-16/h4-5,7,12,16H,2-3,6,9H2,1H3/t12-/m0/s1. The second-order valence-corrected chi connectivity index (χ2v) is 6.55. The molecule has 1 aromatic carbocycles. The van der Waals surface area contributed by atoms with Gasteiger partial charge in [0.1, 0.15) is 0 Å². The molecule has 0 saturated carbocycles. The molecule has 19 heavy (non-hydrogen) atoms. The first-order valence-corrected chi connectivity index (χ1v) is 7.58. The highest BCUT2D eigenvalue weighted by atomic mass is 32.2. The Kier molecular flexibility index (Phi) is 3.90. The Morgan fingerprint density at radius 2 is 2.26 bits per heavy atom. The first-order valence-electron chi connectivity index (χ1n) is 6.14. The first-order chi connectivity index (χ1) is 9.00. The van der Waals surface area contributed by atoms with Crippen LogP contribution in [0.3, 0.4) is 0 Å². The molecule has 0 amide bonds. The lowest BCUT2D eigenvalue weighted by Crippen LogP contribution is -2.37. The molecule has 0 radical (unpaired) electrons. The van der Waals surface area contributed by atoms with E-state index < -0.39 is 10.0 Å². The molecule has 0 unspecified atom stereocenters. The van der Waals surface area contributed by atoms with Crippen molar-refractivity contribution in [1.82, 2.24) is 4.31 Å². The van der Waals surface area contributed by atoms with Gasteiger partial charge in [-0.25, -0.2) is 8.42 Å². The topological polar surface area (TPSA) is 81.4 Å². The molecule has 5 nitrogen and oxygen atoms in total. The van der Waals surface area contributed by atoms with Gasteiger partial charge in [0.25, 0.3) is 0 Å². The SMILES string of the molecule is Cc1cc(C#N)ccc1S(=O)(=O)N1CCC[C@H]1CO. The molecule has 0 bridgehead atoms. The van der Waals surface area contributed by atoms with Crippen LogP contribution >= 0.6 is 0 Å². The van der Waals surface area contributed by atoms with Crippen LogP contribution in [0.4, 0.5) is 0 Å². The summed E-state index contributed by atoms with van der Waals surface area (Å²) >= 11 is 0.